The molecule has 1 saturated carbocycles. The molecule has 1 N–H and O–H groups in total. The summed E-state index contributed by atoms with van der Waals surface area (Å²) in [5.41, 5.74) is 0.592. The summed E-state index contributed by atoms with van der Waals surface area (Å²) in [5.74, 6) is 0.669. The SMILES string of the molecule is O=C1CCC(CNCc2cc(Cl)ccc2F)CC1. The number of hydrogen-bond donors (Lipinski definition) is 1. The van der Waals surface area contributed by atoms with Crippen LogP contribution in [0.1, 0.15) is 31.2 Å². The van der Waals surface area contributed by atoms with Gasteiger partial charge in [-0.25, -0.2) is 4.39 Å². The summed E-state index contributed by atoms with van der Waals surface area (Å²) >= 11 is 5.83. The van der Waals surface area contributed by atoms with Crippen LogP contribution >= 0.6 is 11.6 Å². The highest BCUT2D eigenvalue weighted by Crippen LogP contribution is 2.21. The summed E-state index contributed by atoms with van der Waals surface area (Å²) in [4.78, 5) is 11.1. The Bertz CT molecular complexity index is 426. The van der Waals surface area contributed by atoms with Crippen molar-refractivity contribution in [1.82, 2.24) is 5.32 Å². The van der Waals surface area contributed by atoms with Crippen LogP contribution in [0, 0.1) is 11.7 Å². The number of rotatable bonds is 4. The van der Waals surface area contributed by atoms with Gasteiger partial charge in [0, 0.05) is 30.0 Å². The number of halogens is 2. The Morgan fingerprint density at radius 1 is 1.33 bits per heavy atom. The first-order valence-electron chi connectivity index (χ1n) is 6.31. The van der Waals surface area contributed by atoms with E-state index in [-0.39, 0.29) is 5.82 Å². The number of carbonyl (C=O) groups excluding carboxylic acids is 1. The maximum absolute atomic E-state index is 13.4. The van der Waals surface area contributed by atoms with Crippen molar-refractivity contribution in [3.63, 3.8) is 0 Å². The predicted octanol–water partition coefficient (Wildman–Crippen LogP) is 3.33. The molecule has 18 heavy (non-hydrogen) atoms. The van der Waals surface area contributed by atoms with E-state index in [4.69, 9.17) is 11.6 Å². The summed E-state index contributed by atoms with van der Waals surface area (Å²) in [6.45, 7) is 1.32. The van der Waals surface area contributed by atoms with Crippen molar-refractivity contribution in [2.75, 3.05) is 6.54 Å². The monoisotopic (exact) mass is 269 g/mol. The Labute approximate surface area is 112 Å². The molecule has 1 fully saturated rings. The zero-order chi connectivity index (χ0) is 13.0. The summed E-state index contributed by atoms with van der Waals surface area (Å²) in [5, 5.41) is 3.80. The van der Waals surface area contributed by atoms with Crippen LogP contribution in [0.25, 0.3) is 0 Å². The molecular formula is C14H17ClFNO. The van der Waals surface area contributed by atoms with E-state index in [2.05, 4.69) is 5.32 Å². The average Bonchev–Trinajstić information content (AvgIpc) is 2.36. The smallest absolute Gasteiger partial charge is 0.132 e. The number of nitrogens with one attached hydrogen (secondary N) is 1. The molecule has 1 aromatic rings. The maximum Gasteiger partial charge on any atom is 0.132 e. The minimum absolute atomic E-state index is 0.231. The van der Waals surface area contributed by atoms with Crippen LogP contribution in [0.2, 0.25) is 5.02 Å². The first kappa shape index (κ1) is 13.5. The van der Waals surface area contributed by atoms with Crippen LogP contribution in [0.4, 0.5) is 4.39 Å². The van der Waals surface area contributed by atoms with Gasteiger partial charge in [0.25, 0.3) is 0 Å². The van der Waals surface area contributed by atoms with Crippen LogP contribution in [-0.4, -0.2) is 12.3 Å². The van der Waals surface area contributed by atoms with Gasteiger partial charge >= 0.3 is 0 Å². The highest BCUT2D eigenvalue weighted by atomic mass is 35.5. The van der Waals surface area contributed by atoms with Gasteiger partial charge in [-0.2, -0.15) is 0 Å². The molecule has 0 saturated heterocycles. The van der Waals surface area contributed by atoms with Gasteiger partial charge in [-0.1, -0.05) is 11.6 Å². The van der Waals surface area contributed by atoms with Crippen molar-refractivity contribution in [1.29, 1.82) is 0 Å². The number of benzene rings is 1. The van der Waals surface area contributed by atoms with E-state index in [9.17, 15) is 9.18 Å². The minimum atomic E-state index is -0.231. The third-order valence-corrected chi connectivity index (χ3v) is 3.65. The Balaban J connectivity index is 1.78. The van der Waals surface area contributed by atoms with E-state index in [1.165, 1.54) is 6.07 Å². The van der Waals surface area contributed by atoms with E-state index in [1.54, 1.807) is 12.1 Å². The zero-order valence-corrected chi connectivity index (χ0v) is 11.0. The van der Waals surface area contributed by atoms with Crippen molar-refractivity contribution >= 4 is 17.4 Å². The summed E-state index contributed by atoms with van der Waals surface area (Å²) in [6, 6.07) is 4.58. The molecule has 0 unspecified atom stereocenters. The van der Waals surface area contributed by atoms with E-state index >= 15 is 0 Å². The van der Waals surface area contributed by atoms with E-state index in [1.807, 2.05) is 0 Å². The van der Waals surface area contributed by atoms with Gasteiger partial charge in [0.05, 0.1) is 0 Å². The standard InChI is InChI=1S/C14H17ClFNO/c15-12-3-6-14(16)11(7-12)9-17-8-10-1-4-13(18)5-2-10/h3,6-7,10,17H,1-2,4-5,8-9H2. The van der Waals surface area contributed by atoms with Crippen LogP contribution in [-0.2, 0) is 11.3 Å². The van der Waals surface area contributed by atoms with Gasteiger partial charge in [-0.3, -0.25) is 4.79 Å². The highest BCUT2D eigenvalue weighted by Gasteiger charge is 2.18. The number of ketones is 1. The fourth-order valence-electron chi connectivity index (χ4n) is 2.29. The van der Waals surface area contributed by atoms with Gasteiger partial charge in [0.1, 0.15) is 11.6 Å². The molecule has 0 spiro atoms. The Morgan fingerprint density at radius 3 is 2.78 bits per heavy atom. The molecule has 1 aliphatic rings. The Kier molecular flexibility index (Phi) is 4.72. The number of Topliss-reactive ketones (excluding diaryl/α,β-unsaturated/α-hetero) is 1. The lowest BCUT2D eigenvalue weighted by atomic mass is 9.88. The van der Waals surface area contributed by atoms with Crippen LogP contribution in [0.5, 0.6) is 0 Å². The van der Waals surface area contributed by atoms with Crippen LogP contribution in [0.3, 0.4) is 0 Å². The maximum atomic E-state index is 13.4. The second-order valence-corrected chi connectivity index (χ2v) is 5.29. The fourth-order valence-corrected chi connectivity index (χ4v) is 2.49. The fraction of sp³-hybridized carbons (Fsp3) is 0.500. The van der Waals surface area contributed by atoms with Gasteiger partial charge in [-0.15, -0.1) is 0 Å². The first-order chi connectivity index (χ1) is 8.65. The molecule has 0 aliphatic heterocycles. The molecule has 4 heteroatoms. The zero-order valence-electron chi connectivity index (χ0n) is 10.2. The van der Waals surface area contributed by atoms with Gasteiger partial charge < -0.3 is 5.32 Å². The van der Waals surface area contributed by atoms with E-state index < -0.39 is 0 Å². The normalized spacial score (nSPS) is 17.1. The second-order valence-electron chi connectivity index (χ2n) is 4.85. The van der Waals surface area contributed by atoms with Crippen molar-refractivity contribution in [2.45, 2.75) is 32.2 Å². The molecule has 0 atom stereocenters. The van der Waals surface area contributed by atoms with Crippen molar-refractivity contribution < 1.29 is 9.18 Å². The first-order valence-corrected chi connectivity index (χ1v) is 6.69. The predicted molar refractivity (Wildman–Crippen MR) is 70.1 cm³/mol. The summed E-state index contributed by atoms with van der Waals surface area (Å²) < 4.78 is 13.4. The number of hydrogen-bond acceptors (Lipinski definition) is 2. The molecule has 2 rings (SSSR count). The molecule has 1 aromatic carbocycles. The molecule has 0 bridgehead atoms. The molecule has 1 aliphatic carbocycles. The van der Waals surface area contributed by atoms with Gasteiger partial charge in [-0.05, 0) is 43.5 Å². The second kappa shape index (κ2) is 6.30. The van der Waals surface area contributed by atoms with Crippen LogP contribution < -0.4 is 5.32 Å². The summed E-state index contributed by atoms with van der Waals surface area (Å²) in [7, 11) is 0. The molecule has 0 amide bonds. The quantitative estimate of drug-likeness (QED) is 0.908. The van der Waals surface area contributed by atoms with Crippen molar-refractivity contribution in [3.8, 4) is 0 Å². The van der Waals surface area contributed by atoms with Gasteiger partial charge in [0.2, 0.25) is 0 Å². The Morgan fingerprint density at radius 2 is 2.06 bits per heavy atom. The average molecular weight is 270 g/mol. The Hall–Kier alpha value is -0.930. The lowest BCUT2D eigenvalue weighted by molar-refractivity contribution is -0.120. The number of carbonyl (C=O) groups is 1. The van der Waals surface area contributed by atoms with Crippen molar-refractivity contribution in [3.05, 3.63) is 34.6 Å². The highest BCUT2D eigenvalue weighted by molar-refractivity contribution is 6.30. The van der Waals surface area contributed by atoms with Gasteiger partial charge in [0.15, 0.2) is 0 Å². The lowest BCUT2D eigenvalue weighted by Gasteiger charge is -2.21. The minimum Gasteiger partial charge on any atom is -0.312 e. The largest absolute Gasteiger partial charge is 0.312 e. The topological polar surface area (TPSA) is 29.1 Å². The third-order valence-electron chi connectivity index (χ3n) is 3.42. The molecule has 0 heterocycles. The lowest BCUT2D eigenvalue weighted by Crippen LogP contribution is -2.26. The summed E-state index contributed by atoms with van der Waals surface area (Å²) in [6.07, 6.45) is 3.28. The third kappa shape index (κ3) is 3.79. The molecule has 98 valence electrons. The van der Waals surface area contributed by atoms with Crippen molar-refractivity contribution in [2.24, 2.45) is 5.92 Å². The molecule has 0 radical (unpaired) electrons. The molecule has 2 nitrogen and oxygen atoms in total. The molecular weight excluding hydrogens is 253 g/mol. The van der Waals surface area contributed by atoms with Crippen LogP contribution in [0.15, 0.2) is 18.2 Å². The molecule has 0 aromatic heterocycles. The van der Waals surface area contributed by atoms with E-state index in [0.717, 1.165) is 19.4 Å². The van der Waals surface area contributed by atoms with E-state index in [0.29, 0.717) is 41.7 Å².